The molecule has 0 unspecified atom stereocenters. The summed E-state index contributed by atoms with van der Waals surface area (Å²) in [5.74, 6) is 0.0256. The van der Waals surface area contributed by atoms with E-state index in [9.17, 15) is 4.79 Å². The summed E-state index contributed by atoms with van der Waals surface area (Å²) in [6.07, 6.45) is 0. The van der Waals surface area contributed by atoms with Crippen LogP contribution in [0.1, 0.15) is 0 Å². The van der Waals surface area contributed by atoms with Crippen molar-refractivity contribution in [1.82, 2.24) is 4.90 Å². The monoisotopic (exact) mass is 322 g/mol. The van der Waals surface area contributed by atoms with Crippen LogP contribution in [0.2, 0.25) is 10.0 Å². The Morgan fingerprint density at radius 1 is 1.39 bits per heavy atom. The van der Waals surface area contributed by atoms with Crippen LogP contribution in [-0.2, 0) is 4.79 Å². The van der Waals surface area contributed by atoms with E-state index in [2.05, 4.69) is 5.32 Å². The highest BCUT2D eigenvalue weighted by molar-refractivity contribution is 8.23. The van der Waals surface area contributed by atoms with Crippen molar-refractivity contribution in [2.45, 2.75) is 0 Å². The van der Waals surface area contributed by atoms with E-state index in [-0.39, 0.29) is 11.7 Å². The molecule has 0 heterocycles. The number of thioether (sulfide) groups is 1. The Morgan fingerprint density at radius 2 is 1.94 bits per heavy atom. The Labute approximate surface area is 126 Å². The van der Waals surface area contributed by atoms with Gasteiger partial charge in [0, 0.05) is 14.1 Å². The maximum absolute atomic E-state index is 11.7. The van der Waals surface area contributed by atoms with Crippen LogP contribution in [0.4, 0.5) is 5.69 Å². The first-order valence-electron chi connectivity index (χ1n) is 4.99. The average molecular weight is 323 g/mol. The van der Waals surface area contributed by atoms with Gasteiger partial charge < -0.3 is 10.2 Å². The zero-order chi connectivity index (χ0) is 13.7. The first-order valence-corrected chi connectivity index (χ1v) is 7.14. The van der Waals surface area contributed by atoms with Crippen molar-refractivity contribution >= 4 is 63.1 Å². The van der Waals surface area contributed by atoms with E-state index in [1.54, 1.807) is 23.1 Å². The number of benzene rings is 1. The van der Waals surface area contributed by atoms with Crippen molar-refractivity contribution in [3.8, 4) is 0 Å². The minimum absolute atomic E-state index is 0.195. The molecule has 0 bridgehead atoms. The molecule has 0 radical (unpaired) electrons. The normalized spacial score (nSPS) is 10.0. The Balaban J connectivity index is 2.58. The second kappa shape index (κ2) is 7.19. The highest BCUT2D eigenvalue weighted by atomic mass is 35.5. The third kappa shape index (κ3) is 4.65. The lowest BCUT2D eigenvalue weighted by molar-refractivity contribution is -0.113. The Morgan fingerprint density at radius 3 is 2.44 bits per heavy atom. The number of thiocarbonyl (C=S) groups is 1. The molecule has 0 aliphatic rings. The van der Waals surface area contributed by atoms with Crippen molar-refractivity contribution in [2.75, 3.05) is 25.2 Å². The lowest BCUT2D eigenvalue weighted by Gasteiger charge is -2.13. The maximum Gasteiger partial charge on any atom is 0.234 e. The number of amides is 1. The smallest absolute Gasteiger partial charge is 0.234 e. The van der Waals surface area contributed by atoms with Gasteiger partial charge in [0.2, 0.25) is 5.91 Å². The summed E-state index contributed by atoms with van der Waals surface area (Å²) >= 11 is 18.2. The number of rotatable bonds is 3. The molecule has 1 N–H and O–H groups in total. The zero-order valence-electron chi connectivity index (χ0n) is 9.87. The van der Waals surface area contributed by atoms with Gasteiger partial charge >= 0.3 is 0 Å². The van der Waals surface area contributed by atoms with Crippen LogP contribution in [0.25, 0.3) is 0 Å². The van der Waals surface area contributed by atoms with Crippen LogP contribution >= 0.6 is 47.2 Å². The molecule has 0 saturated carbocycles. The van der Waals surface area contributed by atoms with Crippen molar-refractivity contribution in [3.63, 3.8) is 0 Å². The quantitative estimate of drug-likeness (QED) is 0.863. The summed E-state index contributed by atoms with van der Waals surface area (Å²) in [6, 6.07) is 5.05. The third-order valence-electron chi connectivity index (χ3n) is 1.92. The van der Waals surface area contributed by atoms with Crippen LogP contribution in [0.3, 0.4) is 0 Å². The topological polar surface area (TPSA) is 32.3 Å². The van der Waals surface area contributed by atoms with Crippen LogP contribution in [0, 0.1) is 0 Å². The molecule has 0 aliphatic carbocycles. The lowest BCUT2D eigenvalue weighted by atomic mass is 10.3. The van der Waals surface area contributed by atoms with Crippen LogP contribution < -0.4 is 5.32 Å². The van der Waals surface area contributed by atoms with E-state index in [4.69, 9.17) is 35.4 Å². The van der Waals surface area contributed by atoms with Gasteiger partial charge in [-0.2, -0.15) is 0 Å². The molecule has 0 aromatic heterocycles. The molecule has 0 fully saturated rings. The second-order valence-corrected chi connectivity index (χ2v) is 6.02. The standard InChI is InChI=1S/C11H12Cl2N2OS2/c1-15(2)11(17)18-6-9(16)14-10-7(12)4-3-5-8(10)13/h3-5H,6H2,1-2H3,(H,14,16). The fraction of sp³-hybridized carbons (Fsp3) is 0.273. The molecule has 7 heteroatoms. The van der Waals surface area contributed by atoms with Crippen LogP contribution in [0.15, 0.2) is 18.2 Å². The maximum atomic E-state index is 11.7. The molecule has 0 atom stereocenters. The summed E-state index contributed by atoms with van der Waals surface area (Å²) in [7, 11) is 3.66. The molecule has 1 aromatic carbocycles. The van der Waals surface area contributed by atoms with Crippen molar-refractivity contribution in [1.29, 1.82) is 0 Å². The number of nitrogens with one attached hydrogen (secondary N) is 1. The van der Waals surface area contributed by atoms with E-state index in [1.165, 1.54) is 11.8 Å². The highest BCUT2D eigenvalue weighted by Gasteiger charge is 2.11. The highest BCUT2D eigenvalue weighted by Crippen LogP contribution is 2.29. The van der Waals surface area contributed by atoms with Gasteiger partial charge in [-0.3, -0.25) is 4.79 Å². The Bertz CT molecular complexity index is 446. The zero-order valence-corrected chi connectivity index (χ0v) is 13.0. The lowest BCUT2D eigenvalue weighted by Crippen LogP contribution is -2.21. The first kappa shape index (κ1) is 15.6. The minimum Gasteiger partial charge on any atom is -0.364 e. The van der Waals surface area contributed by atoms with Crippen molar-refractivity contribution < 1.29 is 4.79 Å². The summed E-state index contributed by atoms with van der Waals surface area (Å²) in [6.45, 7) is 0. The molecule has 1 amide bonds. The molecule has 0 saturated heterocycles. The molecule has 18 heavy (non-hydrogen) atoms. The first-order chi connectivity index (χ1) is 8.41. The summed E-state index contributed by atoms with van der Waals surface area (Å²) in [4.78, 5) is 13.5. The van der Waals surface area contributed by atoms with Crippen LogP contribution in [-0.4, -0.2) is 35.0 Å². The van der Waals surface area contributed by atoms with Crippen LogP contribution in [0.5, 0.6) is 0 Å². The fourth-order valence-corrected chi connectivity index (χ4v) is 2.30. The minimum atomic E-state index is -0.195. The molecular weight excluding hydrogens is 311 g/mol. The summed E-state index contributed by atoms with van der Waals surface area (Å²) < 4.78 is 0.649. The predicted octanol–water partition coefficient (Wildman–Crippen LogP) is 3.51. The largest absolute Gasteiger partial charge is 0.364 e. The molecule has 0 aliphatic heterocycles. The van der Waals surface area contributed by atoms with E-state index >= 15 is 0 Å². The van der Waals surface area contributed by atoms with Gasteiger partial charge in [-0.15, -0.1) is 0 Å². The van der Waals surface area contributed by atoms with Gasteiger partial charge in [-0.05, 0) is 12.1 Å². The SMILES string of the molecule is CN(C)C(=S)SCC(=O)Nc1c(Cl)cccc1Cl. The van der Waals surface area contributed by atoms with E-state index in [1.807, 2.05) is 14.1 Å². The number of carbonyl (C=O) groups excluding carboxylic acids is 1. The van der Waals surface area contributed by atoms with Gasteiger partial charge in [-0.25, -0.2) is 0 Å². The van der Waals surface area contributed by atoms with E-state index in [0.717, 1.165) is 0 Å². The molecule has 0 spiro atoms. The van der Waals surface area contributed by atoms with Gasteiger partial charge in [0.1, 0.15) is 4.32 Å². The van der Waals surface area contributed by atoms with Gasteiger partial charge in [0.15, 0.2) is 0 Å². The third-order valence-corrected chi connectivity index (χ3v) is 4.29. The number of hydrogen-bond donors (Lipinski definition) is 1. The molecule has 1 aromatic rings. The van der Waals surface area contributed by atoms with Gasteiger partial charge in [0.05, 0.1) is 21.5 Å². The van der Waals surface area contributed by atoms with Crippen molar-refractivity contribution in [2.24, 2.45) is 0 Å². The number of para-hydroxylation sites is 1. The molecule has 1 rings (SSSR count). The average Bonchev–Trinajstić information content (AvgIpc) is 2.30. The number of hydrogen-bond acceptors (Lipinski definition) is 3. The molecular formula is C11H12Cl2N2OS2. The number of halogens is 2. The predicted molar refractivity (Wildman–Crippen MR) is 83.8 cm³/mol. The summed E-state index contributed by atoms with van der Waals surface area (Å²) in [5, 5.41) is 3.50. The Kier molecular flexibility index (Phi) is 6.21. The fourth-order valence-electron chi connectivity index (χ4n) is 1.05. The Hall–Kier alpha value is -0.490. The number of nitrogens with zero attached hydrogens (tertiary/aromatic N) is 1. The van der Waals surface area contributed by atoms with E-state index in [0.29, 0.717) is 20.1 Å². The second-order valence-electron chi connectivity index (χ2n) is 3.59. The number of carbonyl (C=O) groups is 1. The number of anilines is 1. The molecule has 98 valence electrons. The van der Waals surface area contributed by atoms with E-state index < -0.39 is 0 Å². The van der Waals surface area contributed by atoms with Crippen molar-refractivity contribution in [3.05, 3.63) is 28.2 Å². The van der Waals surface area contributed by atoms with Gasteiger partial charge in [-0.1, -0.05) is 53.2 Å². The van der Waals surface area contributed by atoms with Gasteiger partial charge in [0.25, 0.3) is 0 Å². The molecule has 3 nitrogen and oxygen atoms in total. The summed E-state index contributed by atoms with van der Waals surface area (Å²) in [5.41, 5.74) is 0.433.